The lowest BCUT2D eigenvalue weighted by atomic mass is 9.96. The molecule has 1 aliphatic heterocycles. The maximum Gasteiger partial charge on any atom is 0.0705 e. The van der Waals surface area contributed by atoms with Gasteiger partial charge in [-0.1, -0.05) is 25.1 Å². The van der Waals surface area contributed by atoms with Gasteiger partial charge in [0.1, 0.15) is 0 Å². The first-order valence-corrected chi connectivity index (χ1v) is 8.07. The SMILES string of the molecule is CCNC(CCC1CCCO1)c1cccc2ncccc12. The normalized spacial score (nSPS) is 20.0. The average molecular weight is 284 g/mol. The molecule has 0 aliphatic carbocycles. The molecule has 2 atom stereocenters. The van der Waals surface area contributed by atoms with Crippen LogP contribution in [0, 0.1) is 0 Å². The number of fused-ring (bicyclic) bond motifs is 1. The minimum Gasteiger partial charge on any atom is -0.378 e. The van der Waals surface area contributed by atoms with Gasteiger partial charge in [-0.15, -0.1) is 0 Å². The zero-order valence-electron chi connectivity index (χ0n) is 12.7. The fourth-order valence-corrected chi connectivity index (χ4v) is 3.27. The topological polar surface area (TPSA) is 34.1 Å². The number of hydrogen-bond donors (Lipinski definition) is 1. The molecule has 0 spiro atoms. The van der Waals surface area contributed by atoms with Gasteiger partial charge < -0.3 is 10.1 Å². The van der Waals surface area contributed by atoms with Crippen LogP contribution in [0.5, 0.6) is 0 Å². The Morgan fingerprint density at radius 1 is 1.33 bits per heavy atom. The second kappa shape index (κ2) is 7.01. The Kier molecular flexibility index (Phi) is 4.84. The van der Waals surface area contributed by atoms with E-state index in [9.17, 15) is 0 Å². The van der Waals surface area contributed by atoms with Crippen LogP contribution in [-0.2, 0) is 4.74 Å². The third kappa shape index (κ3) is 3.42. The highest BCUT2D eigenvalue weighted by Crippen LogP contribution is 2.28. The van der Waals surface area contributed by atoms with E-state index in [1.807, 2.05) is 12.3 Å². The number of ether oxygens (including phenoxy) is 1. The molecule has 112 valence electrons. The summed E-state index contributed by atoms with van der Waals surface area (Å²) in [6, 6.07) is 11.0. The summed E-state index contributed by atoms with van der Waals surface area (Å²) in [4.78, 5) is 4.47. The van der Waals surface area contributed by atoms with Crippen molar-refractivity contribution in [2.75, 3.05) is 13.2 Å². The number of nitrogens with one attached hydrogen (secondary N) is 1. The highest BCUT2D eigenvalue weighted by molar-refractivity contribution is 5.82. The Morgan fingerprint density at radius 3 is 3.10 bits per heavy atom. The van der Waals surface area contributed by atoms with E-state index in [0.29, 0.717) is 12.1 Å². The van der Waals surface area contributed by atoms with Crippen molar-refractivity contribution < 1.29 is 4.74 Å². The Labute approximate surface area is 126 Å². The van der Waals surface area contributed by atoms with E-state index in [2.05, 4.69) is 41.5 Å². The third-order valence-electron chi connectivity index (χ3n) is 4.31. The number of benzene rings is 1. The van der Waals surface area contributed by atoms with Gasteiger partial charge in [0.2, 0.25) is 0 Å². The first-order valence-electron chi connectivity index (χ1n) is 8.07. The molecule has 1 saturated heterocycles. The van der Waals surface area contributed by atoms with E-state index in [-0.39, 0.29) is 0 Å². The molecule has 3 heteroatoms. The lowest BCUT2D eigenvalue weighted by molar-refractivity contribution is 0.0997. The van der Waals surface area contributed by atoms with Crippen LogP contribution in [0.15, 0.2) is 36.5 Å². The van der Waals surface area contributed by atoms with E-state index in [1.54, 1.807) is 0 Å². The second-order valence-electron chi connectivity index (χ2n) is 5.74. The van der Waals surface area contributed by atoms with Crippen molar-refractivity contribution >= 4 is 10.9 Å². The Bertz CT molecular complexity index is 573. The summed E-state index contributed by atoms with van der Waals surface area (Å²) in [6.45, 7) is 4.09. The van der Waals surface area contributed by atoms with Gasteiger partial charge in [0.05, 0.1) is 11.6 Å². The lowest BCUT2D eigenvalue weighted by Crippen LogP contribution is -2.22. The van der Waals surface area contributed by atoms with Crippen molar-refractivity contribution in [3.8, 4) is 0 Å². The summed E-state index contributed by atoms with van der Waals surface area (Å²) in [5.74, 6) is 0. The van der Waals surface area contributed by atoms with Gasteiger partial charge in [-0.25, -0.2) is 0 Å². The molecule has 3 rings (SSSR count). The predicted molar refractivity (Wildman–Crippen MR) is 86.4 cm³/mol. The van der Waals surface area contributed by atoms with Gasteiger partial charge in [-0.05, 0) is 49.9 Å². The molecule has 1 fully saturated rings. The Balaban J connectivity index is 1.80. The molecular formula is C18H24N2O. The largest absolute Gasteiger partial charge is 0.378 e. The summed E-state index contributed by atoms with van der Waals surface area (Å²) in [5, 5.41) is 4.89. The highest BCUT2D eigenvalue weighted by atomic mass is 16.5. The highest BCUT2D eigenvalue weighted by Gasteiger charge is 2.19. The number of pyridine rings is 1. The van der Waals surface area contributed by atoms with Crippen molar-refractivity contribution in [3.05, 3.63) is 42.1 Å². The van der Waals surface area contributed by atoms with Gasteiger partial charge in [0.25, 0.3) is 0 Å². The number of rotatable bonds is 6. The summed E-state index contributed by atoms with van der Waals surface area (Å²) in [5.41, 5.74) is 2.44. The van der Waals surface area contributed by atoms with Crippen LogP contribution in [0.3, 0.4) is 0 Å². The molecule has 21 heavy (non-hydrogen) atoms. The van der Waals surface area contributed by atoms with Crippen LogP contribution in [0.2, 0.25) is 0 Å². The molecule has 0 bridgehead atoms. The number of nitrogens with zero attached hydrogens (tertiary/aromatic N) is 1. The monoisotopic (exact) mass is 284 g/mol. The Hall–Kier alpha value is -1.45. The van der Waals surface area contributed by atoms with Crippen molar-refractivity contribution in [3.63, 3.8) is 0 Å². The van der Waals surface area contributed by atoms with Crippen molar-refractivity contribution in [1.82, 2.24) is 10.3 Å². The second-order valence-corrected chi connectivity index (χ2v) is 5.74. The fourth-order valence-electron chi connectivity index (χ4n) is 3.27. The van der Waals surface area contributed by atoms with Gasteiger partial charge in [0, 0.05) is 24.2 Å². The third-order valence-corrected chi connectivity index (χ3v) is 4.31. The standard InChI is InChI=1S/C18H24N2O/c1-2-19-18(11-10-14-6-5-13-21-14)15-7-3-9-17-16(15)8-4-12-20-17/h3-4,7-9,12,14,18-19H,2,5-6,10-11,13H2,1H3. The molecular weight excluding hydrogens is 260 g/mol. The molecule has 1 aliphatic rings. The molecule has 1 N–H and O–H groups in total. The summed E-state index contributed by atoms with van der Waals surface area (Å²) in [7, 11) is 0. The van der Waals surface area contributed by atoms with E-state index >= 15 is 0 Å². The van der Waals surface area contributed by atoms with Crippen LogP contribution >= 0.6 is 0 Å². The van der Waals surface area contributed by atoms with Gasteiger partial charge in [0.15, 0.2) is 0 Å². The first-order chi connectivity index (χ1) is 10.4. The van der Waals surface area contributed by atoms with Crippen molar-refractivity contribution in [1.29, 1.82) is 0 Å². The number of hydrogen-bond acceptors (Lipinski definition) is 3. The zero-order chi connectivity index (χ0) is 14.5. The Morgan fingerprint density at radius 2 is 2.29 bits per heavy atom. The van der Waals surface area contributed by atoms with E-state index in [1.165, 1.54) is 23.8 Å². The summed E-state index contributed by atoms with van der Waals surface area (Å²) >= 11 is 0. The molecule has 0 saturated carbocycles. The maximum absolute atomic E-state index is 5.76. The molecule has 2 unspecified atom stereocenters. The van der Waals surface area contributed by atoms with E-state index < -0.39 is 0 Å². The number of aromatic nitrogens is 1. The van der Waals surface area contributed by atoms with Gasteiger partial charge in [-0.2, -0.15) is 0 Å². The minimum absolute atomic E-state index is 0.382. The molecule has 0 amide bonds. The maximum atomic E-state index is 5.76. The minimum atomic E-state index is 0.382. The van der Waals surface area contributed by atoms with Crippen LogP contribution < -0.4 is 5.32 Å². The summed E-state index contributed by atoms with van der Waals surface area (Å²) < 4.78 is 5.76. The lowest BCUT2D eigenvalue weighted by Gasteiger charge is -2.21. The molecule has 3 nitrogen and oxygen atoms in total. The van der Waals surface area contributed by atoms with E-state index in [0.717, 1.165) is 31.5 Å². The first kappa shape index (κ1) is 14.5. The van der Waals surface area contributed by atoms with Crippen LogP contribution in [0.1, 0.15) is 44.2 Å². The van der Waals surface area contributed by atoms with E-state index in [4.69, 9.17) is 4.74 Å². The molecule has 1 aromatic heterocycles. The average Bonchev–Trinajstić information content (AvgIpc) is 3.04. The van der Waals surface area contributed by atoms with Crippen LogP contribution in [-0.4, -0.2) is 24.2 Å². The fraction of sp³-hybridized carbons (Fsp3) is 0.500. The molecule has 2 heterocycles. The quantitative estimate of drug-likeness (QED) is 0.875. The van der Waals surface area contributed by atoms with Gasteiger partial charge in [-0.3, -0.25) is 4.98 Å². The molecule has 1 aromatic carbocycles. The van der Waals surface area contributed by atoms with Gasteiger partial charge >= 0.3 is 0 Å². The summed E-state index contributed by atoms with van der Waals surface area (Å²) in [6.07, 6.45) is 7.01. The van der Waals surface area contributed by atoms with Crippen LogP contribution in [0.25, 0.3) is 10.9 Å². The smallest absolute Gasteiger partial charge is 0.0705 e. The molecule has 0 radical (unpaired) electrons. The van der Waals surface area contributed by atoms with Crippen LogP contribution in [0.4, 0.5) is 0 Å². The van der Waals surface area contributed by atoms with Crippen molar-refractivity contribution in [2.45, 2.75) is 44.8 Å². The predicted octanol–water partition coefficient (Wildman–Crippen LogP) is 3.84. The van der Waals surface area contributed by atoms with Crippen molar-refractivity contribution in [2.24, 2.45) is 0 Å². The zero-order valence-corrected chi connectivity index (χ0v) is 12.7. The molecule has 2 aromatic rings.